The molecule has 0 bridgehead atoms. The molecule has 26 heavy (non-hydrogen) atoms. The first-order valence-electron chi connectivity index (χ1n) is 8.27. The van der Waals surface area contributed by atoms with Crippen molar-refractivity contribution in [3.63, 3.8) is 0 Å². The van der Waals surface area contributed by atoms with E-state index in [9.17, 15) is 14.4 Å². The molecule has 0 unspecified atom stereocenters. The van der Waals surface area contributed by atoms with Gasteiger partial charge in [-0.3, -0.25) is 10.1 Å². The van der Waals surface area contributed by atoms with Crippen molar-refractivity contribution in [1.29, 1.82) is 0 Å². The van der Waals surface area contributed by atoms with E-state index in [2.05, 4.69) is 10.6 Å². The molecular weight excluding hydrogens is 364 g/mol. The normalized spacial score (nSPS) is 14.0. The molecule has 0 aliphatic carbocycles. The molecule has 142 valence electrons. The van der Waals surface area contributed by atoms with Gasteiger partial charge in [0.2, 0.25) is 0 Å². The van der Waals surface area contributed by atoms with Crippen LogP contribution in [0.25, 0.3) is 0 Å². The van der Waals surface area contributed by atoms with Crippen molar-refractivity contribution in [2.24, 2.45) is 0 Å². The first-order chi connectivity index (χ1) is 12.4. The zero-order valence-electron chi connectivity index (χ0n) is 14.6. The van der Waals surface area contributed by atoms with Crippen LogP contribution in [0.1, 0.15) is 37.0 Å². The van der Waals surface area contributed by atoms with E-state index in [0.29, 0.717) is 31.1 Å². The van der Waals surface area contributed by atoms with Gasteiger partial charge in [0, 0.05) is 12.5 Å². The van der Waals surface area contributed by atoms with Gasteiger partial charge in [0.15, 0.2) is 18.1 Å². The number of halogens is 1. The molecule has 0 saturated heterocycles. The summed E-state index contributed by atoms with van der Waals surface area (Å²) in [6.07, 6.45) is 1.42. The van der Waals surface area contributed by atoms with Crippen LogP contribution in [-0.2, 0) is 9.53 Å². The molecule has 0 saturated carbocycles. The molecule has 1 aromatic carbocycles. The first-order valence-corrected chi connectivity index (χ1v) is 8.65. The largest absolute Gasteiger partial charge is 0.489 e. The minimum Gasteiger partial charge on any atom is -0.489 e. The van der Waals surface area contributed by atoms with Crippen molar-refractivity contribution < 1.29 is 28.6 Å². The molecule has 8 nitrogen and oxygen atoms in total. The summed E-state index contributed by atoms with van der Waals surface area (Å²) in [6, 6.07) is 2.11. The van der Waals surface area contributed by atoms with Gasteiger partial charge in [-0.25, -0.2) is 9.59 Å². The standard InChI is InChI=1S/C17H21ClN2O6/c1-3-10(2)19-17(23)20-14(21)9-26-16(22)11-7-12(18)15-13(8-11)24-5-4-6-25-15/h7-8,10H,3-6,9H2,1-2H3,(H2,19,20,21,23)/t10-/m0/s1. The highest BCUT2D eigenvalue weighted by molar-refractivity contribution is 6.32. The third-order valence-corrected chi connectivity index (χ3v) is 3.90. The number of benzene rings is 1. The Morgan fingerprint density at radius 3 is 2.73 bits per heavy atom. The van der Waals surface area contributed by atoms with Crippen molar-refractivity contribution in [3.8, 4) is 11.5 Å². The number of carbonyl (C=O) groups excluding carboxylic acids is 3. The highest BCUT2D eigenvalue weighted by atomic mass is 35.5. The minimum atomic E-state index is -0.764. The lowest BCUT2D eigenvalue weighted by molar-refractivity contribution is -0.123. The van der Waals surface area contributed by atoms with Crippen molar-refractivity contribution in [3.05, 3.63) is 22.7 Å². The number of hydrogen-bond donors (Lipinski definition) is 2. The Morgan fingerprint density at radius 1 is 1.27 bits per heavy atom. The average molecular weight is 385 g/mol. The number of nitrogens with one attached hydrogen (secondary N) is 2. The molecule has 2 rings (SSSR count). The van der Waals surface area contributed by atoms with Gasteiger partial charge < -0.3 is 19.5 Å². The Labute approximate surface area is 156 Å². The summed E-state index contributed by atoms with van der Waals surface area (Å²) in [7, 11) is 0. The quantitative estimate of drug-likeness (QED) is 0.755. The lowest BCUT2D eigenvalue weighted by Gasteiger charge is -2.12. The van der Waals surface area contributed by atoms with Gasteiger partial charge in [0.05, 0.1) is 23.8 Å². The number of amides is 3. The average Bonchev–Trinajstić information content (AvgIpc) is 2.85. The SMILES string of the molecule is CC[C@H](C)NC(=O)NC(=O)COC(=O)c1cc(Cl)c2c(c1)OCCCO2. The van der Waals surface area contributed by atoms with Crippen LogP contribution >= 0.6 is 11.6 Å². The molecule has 0 fully saturated rings. The van der Waals surface area contributed by atoms with Crippen LogP contribution in [0, 0.1) is 0 Å². The van der Waals surface area contributed by atoms with Crippen LogP contribution < -0.4 is 20.1 Å². The molecule has 0 spiro atoms. The maximum absolute atomic E-state index is 12.1. The maximum Gasteiger partial charge on any atom is 0.338 e. The maximum atomic E-state index is 12.1. The van der Waals surface area contributed by atoms with Crippen molar-refractivity contribution >= 4 is 29.5 Å². The van der Waals surface area contributed by atoms with Crippen LogP contribution in [0.5, 0.6) is 11.5 Å². The topological polar surface area (TPSA) is 103 Å². The summed E-state index contributed by atoms with van der Waals surface area (Å²) in [5.74, 6) is -0.779. The van der Waals surface area contributed by atoms with E-state index in [1.165, 1.54) is 12.1 Å². The van der Waals surface area contributed by atoms with E-state index < -0.39 is 24.5 Å². The van der Waals surface area contributed by atoms with E-state index in [1.807, 2.05) is 6.92 Å². The van der Waals surface area contributed by atoms with Crippen LogP contribution in [-0.4, -0.2) is 43.8 Å². The number of imide groups is 1. The van der Waals surface area contributed by atoms with E-state index in [0.717, 1.165) is 6.42 Å². The zero-order chi connectivity index (χ0) is 19.1. The van der Waals surface area contributed by atoms with Crippen LogP contribution in [0.2, 0.25) is 5.02 Å². The highest BCUT2D eigenvalue weighted by Gasteiger charge is 2.20. The second-order valence-corrected chi connectivity index (χ2v) is 6.15. The lowest BCUT2D eigenvalue weighted by atomic mass is 10.2. The number of urea groups is 1. The number of rotatable bonds is 5. The number of hydrogen-bond acceptors (Lipinski definition) is 6. The van der Waals surface area contributed by atoms with Gasteiger partial charge >= 0.3 is 12.0 Å². The summed E-state index contributed by atoms with van der Waals surface area (Å²) in [4.78, 5) is 35.4. The Bertz CT molecular complexity index is 694. The molecule has 1 aliphatic heterocycles. The molecule has 0 radical (unpaired) electrons. The summed E-state index contributed by atoms with van der Waals surface area (Å²) in [5, 5.41) is 4.87. The smallest absolute Gasteiger partial charge is 0.338 e. The number of fused-ring (bicyclic) bond motifs is 1. The van der Waals surface area contributed by atoms with Gasteiger partial charge in [0.1, 0.15) is 0 Å². The Balaban J connectivity index is 1.92. The molecule has 2 N–H and O–H groups in total. The fourth-order valence-electron chi connectivity index (χ4n) is 2.09. The number of ether oxygens (including phenoxy) is 3. The Kier molecular flexibility index (Phi) is 7.08. The van der Waals surface area contributed by atoms with E-state index >= 15 is 0 Å². The first kappa shape index (κ1) is 19.8. The van der Waals surface area contributed by atoms with Gasteiger partial charge in [-0.1, -0.05) is 18.5 Å². The second-order valence-electron chi connectivity index (χ2n) is 5.74. The molecule has 1 aromatic rings. The number of esters is 1. The summed E-state index contributed by atoms with van der Waals surface area (Å²) in [5.41, 5.74) is 0.121. The van der Waals surface area contributed by atoms with Gasteiger partial charge in [-0.15, -0.1) is 0 Å². The highest BCUT2D eigenvalue weighted by Crippen LogP contribution is 2.38. The summed E-state index contributed by atoms with van der Waals surface area (Å²) in [6.45, 7) is 4.01. The van der Waals surface area contributed by atoms with E-state index in [1.54, 1.807) is 6.92 Å². The Hall–Kier alpha value is -2.48. The van der Waals surface area contributed by atoms with Crippen LogP contribution in [0.15, 0.2) is 12.1 Å². The van der Waals surface area contributed by atoms with Crippen molar-refractivity contribution in [2.45, 2.75) is 32.7 Å². The minimum absolute atomic E-state index is 0.0747. The number of carbonyl (C=O) groups is 3. The molecular formula is C17H21ClN2O6. The van der Waals surface area contributed by atoms with Gasteiger partial charge in [-0.2, -0.15) is 0 Å². The summed E-state index contributed by atoms with van der Waals surface area (Å²) < 4.78 is 15.9. The molecule has 9 heteroatoms. The van der Waals surface area contributed by atoms with Crippen LogP contribution in [0.3, 0.4) is 0 Å². The molecule has 1 atom stereocenters. The fraction of sp³-hybridized carbons (Fsp3) is 0.471. The molecule has 3 amide bonds. The summed E-state index contributed by atoms with van der Waals surface area (Å²) >= 11 is 6.11. The fourth-order valence-corrected chi connectivity index (χ4v) is 2.35. The lowest BCUT2D eigenvalue weighted by Crippen LogP contribution is -2.44. The zero-order valence-corrected chi connectivity index (χ0v) is 15.4. The second kappa shape index (κ2) is 9.28. The monoisotopic (exact) mass is 384 g/mol. The predicted molar refractivity (Wildman–Crippen MR) is 93.8 cm³/mol. The third kappa shape index (κ3) is 5.52. The van der Waals surface area contributed by atoms with Crippen molar-refractivity contribution in [2.75, 3.05) is 19.8 Å². The van der Waals surface area contributed by atoms with Crippen LogP contribution in [0.4, 0.5) is 4.79 Å². The van der Waals surface area contributed by atoms with Crippen molar-refractivity contribution in [1.82, 2.24) is 10.6 Å². The van der Waals surface area contributed by atoms with Gasteiger partial charge in [-0.05, 0) is 25.5 Å². The van der Waals surface area contributed by atoms with E-state index in [4.69, 9.17) is 25.8 Å². The Morgan fingerprint density at radius 2 is 2.00 bits per heavy atom. The molecule has 1 aliphatic rings. The molecule has 0 aromatic heterocycles. The predicted octanol–water partition coefficient (Wildman–Crippen LogP) is 2.28. The van der Waals surface area contributed by atoms with E-state index in [-0.39, 0.29) is 16.6 Å². The van der Waals surface area contributed by atoms with Gasteiger partial charge in [0.25, 0.3) is 5.91 Å². The third-order valence-electron chi connectivity index (χ3n) is 3.62. The molecule has 1 heterocycles.